The van der Waals surface area contributed by atoms with E-state index in [-0.39, 0.29) is 11.7 Å². The number of rotatable bonds is 6. The molecule has 100 valence electrons. The number of aromatic amines is 1. The quantitative estimate of drug-likeness (QED) is 0.819. The number of nitrogens with one attached hydrogen (secondary N) is 2. The lowest BCUT2D eigenvalue weighted by molar-refractivity contribution is 0.0940. The highest BCUT2D eigenvalue weighted by Gasteiger charge is 2.09. The molecule has 0 saturated carbocycles. The fourth-order valence-corrected chi connectivity index (χ4v) is 1.66. The van der Waals surface area contributed by atoms with Gasteiger partial charge >= 0.3 is 0 Å². The minimum Gasteiger partial charge on any atom is -0.377 e. The molecule has 0 aliphatic rings. The molecule has 0 bridgehead atoms. The van der Waals surface area contributed by atoms with Gasteiger partial charge in [0, 0.05) is 13.2 Å². The lowest BCUT2D eigenvalue weighted by atomic mass is 10.1. The molecule has 0 saturated heterocycles. The maximum absolute atomic E-state index is 11.7. The highest BCUT2D eigenvalue weighted by molar-refractivity contribution is 5.90. The Morgan fingerprint density at radius 1 is 1.37 bits per heavy atom. The van der Waals surface area contributed by atoms with Crippen LogP contribution in [0.25, 0.3) is 0 Å². The van der Waals surface area contributed by atoms with E-state index in [1.54, 1.807) is 0 Å². The first kappa shape index (κ1) is 13.2. The van der Waals surface area contributed by atoms with Gasteiger partial charge in [0.1, 0.15) is 6.33 Å². The fraction of sp³-hybridized carbons (Fsp3) is 0.308. The summed E-state index contributed by atoms with van der Waals surface area (Å²) in [7, 11) is 0. The van der Waals surface area contributed by atoms with Gasteiger partial charge in [-0.3, -0.25) is 9.89 Å². The van der Waals surface area contributed by atoms with Gasteiger partial charge in [-0.25, -0.2) is 4.98 Å². The number of hydrogen-bond donors (Lipinski definition) is 2. The third-order valence-corrected chi connectivity index (χ3v) is 2.65. The first-order valence-electron chi connectivity index (χ1n) is 6.09. The molecule has 6 heteroatoms. The van der Waals surface area contributed by atoms with Crippen molar-refractivity contribution in [1.29, 1.82) is 0 Å². The number of H-pyrrole nitrogens is 1. The normalized spacial score (nSPS) is 10.4. The topological polar surface area (TPSA) is 79.9 Å². The van der Waals surface area contributed by atoms with Crippen molar-refractivity contribution in [3.63, 3.8) is 0 Å². The lowest BCUT2D eigenvalue weighted by Gasteiger charge is -2.10. The van der Waals surface area contributed by atoms with Crippen LogP contribution in [0.3, 0.4) is 0 Å². The molecule has 6 nitrogen and oxygen atoms in total. The highest BCUT2D eigenvalue weighted by Crippen LogP contribution is 2.10. The van der Waals surface area contributed by atoms with E-state index in [4.69, 9.17) is 4.74 Å². The van der Waals surface area contributed by atoms with Crippen molar-refractivity contribution in [2.45, 2.75) is 20.1 Å². The molecule has 2 N–H and O–H groups in total. The van der Waals surface area contributed by atoms with Gasteiger partial charge in [-0.05, 0) is 18.1 Å². The Bertz CT molecular complexity index is 525. The van der Waals surface area contributed by atoms with Crippen molar-refractivity contribution in [3.05, 3.63) is 47.5 Å². The van der Waals surface area contributed by atoms with Gasteiger partial charge in [-0.15, -0.1) is 0 Å². The van der Waals surface area contributed by atoms with Crippen LogP contribution in [0.15, 0.2) is 30.6 Å². The van der Waals surface area contributed by atoms with E-state index in [1.165, 1.54) is 6.33 Å². The number of ether oxygens (including phenoxy) is 1. The minimum absolute atomic E-state index is 0.210. The van der Waals surface area contributed by atoms with E-state index in [2.05, 4.69) is 20.5 Å². The summed E-state index contributed by atoms with van der Waals surface area (Å²) >= 11 is 0. The predicted octanol–water partition coefficient (Wildman–Crippen LogP) is 1.27. The maximum atomic E-state index is 11.7. The second-order valence-corrected chi connectivity index (χ2v) is 3.92. The van der Waals surface area contributed by atoms with Gasteiger partial charge in [0.2, 0.25) is 5.82 Å². The summed E-state index contributed by atoms with van der Waals surface area (Å²) < 4.78 is 5.40. The molecular formula is C13H16N4O2. The summed E-state index contributed by atoms with van der Waals surface area (Å²) in [5.74, 6) is -0.0639. The maximum Gasteiger partial charge on any atom is 0.288 e. The van der Waals surface area contributed by atoms with E-state index >= 15 is 0 Å². The molecule has 19 heavy (non-hydrogen) atoms. The van der Waals surface area contributed by atoms with Gasteiger partial charge in [-0.2, -0.15) is 5.10 Å². The monoisotopic (exact) mass is 260 g/mol. The summed E-state index contributed by atoms with van der Waals surface area (Å²) in [5, 5.41) is 8.95. The van der Waals surface area contributed by atoms with Gasteiger partial charge in [0.25, 0.3) is 5.91 Å². The number of nitrogens with zero attached hydrogens (tertiary/aromatic N) is 2. The first-order chi connectivity index (χ1) is 9.31. The molecule has 1 heterocycles. The average molecular weight is 260 g/mol. The molecule has 2 aromatic rings. The predicted molar refractivity (Wildman–Crippen MR) is 69.3 cm³/mol. The number of carbonyl (C=O) groups excluding carboxylic acids is 1. The van der Waals surface area contributed by atoms with E-state index < -0.39 is 0 Å². The van der Waals surface area contributed by atoms with Crippen LogP contribution in [-0.2, 0) is 17.9 Å². The van der Waals surface area contributed by atoms with Gasteiger partial charge in [0.05, 0.1) is 6.61 Å². The van der Waals surface area contributed by atoms with Crippen LogP contribution in [0.2, 0.25) is 0 Å². The number of hydrogen-bond acceptors (Lipinski definition) is 4. The summed E-state index contributed by atoms with van der Waals surface area (Å²) in [4.78, 5) is 15.5. The second-order valence-electron chi connectivity index (χ2n) is 3.92. The van der Waals surface area contributed by atoms with Crippen molar-refractivity contribution < 1.29 is 9.53 Å². The molecule has 0 fully saturated rings. The number of carbonyl (C=O) groups is 1. The van der Waals surface area contributed by atoms with Crippen LogP contribution < -0.4 is 5.32 Å². The van der Waals surface area contributed by atoms with Gasteiger partial charge in [-0.1, -0.05) is 24.3 Å². The molecule has 1 aromatic heterocycles. The van der Waals surface area contributed by atoms with Gasteiger partial charge < -0.3 is 10.1 Å². The zero-order chi connectivity index (χ0) is 13.5. The third-order valence-electron chi connectivity index (χ3n) is 2.65. The number of benzene rings is 1. The van der Waals surface area contributed by atoms with Crippen molar-refractivity contribution in [2.24, 2.45) is 0 Å². The largest absolute Gasteiger partial charge is 0.377 e. The zero-order valence-corrected chi connectivity index (χ0v) is 10.7. The molecule has 0 spiro atoms. The van der Waals surface area contributed by atoms with E-state index in [1.807, 2.05) is 31.2 Å². The van der Waals surface area contributed by atoms with Gasteiger partial charge in [0.15, 0.2) is 0 Å². The zero-order valence-electron chi connectivity index (χ0n) is 10.7. The standard InChI is InChI=1S/C13H16N4O2/c1-2-19-8-11-6-4-3-5-10(11)7-14-13(18)12-15-9-16-17-12/h3-6,9H,2,7-8H2,1H3,(H,14,18)(H,15,16,17). The molecule has 1 aromatic carbocycles. The number of aromatic nitrogens is 3. The Hall–Kier alpha value is -2.21. The Balaban J connectivity index is 1.97. The molecular weight excluding hydrogens is 244 g/mol. The molecule has 2 rings (SSSR count). The smallest absolute Gasteiger partial charge is 0.288 e. The first-order valence-corrected chi connectivity index (χ1v) is 6.09. The summed E-state index contributed by atoms with van der Waals surface area (Å²) in [6.45, 7) is 3.60. The number of amides is 1. The molecule has 0 unspecified atom stereocenters. The fourth-order valence-electron chi connectivity index (χ4n) is 1.66. The molecule has 0 aliphatic heterocycles. The Morgan fingerprint density at radius 2 is 2.16 bits per heavy atom. The average Bonchev–Trinajstić information content (AvgIpc) is 2.97. The Morgan fingerprint density at radius 3 is 2.84 bits per heavy atom. The third kappa shape index (κ3) is 3.62. The molecule has 0 aliphatic carbocycles. The summed E-state index contributed by atoms with van der Waals surface area (Å²) in [5.41, 5.74) is 2.10. The molecule has 1 amide bonds. The Kier molecular flexibility index (Phi) is 4.63. The van der Waals surface area contributed by atoms with E-state index in [0.29, 0.717) is 19.8 Å². The van der Waals surface area contributed by atoms with Crippen LogP contribution in [0.5, 0.6) is 0 Å². The van der Waals surface area contributed by atoms with Crippen LogP contribution in [-0.4, -0.2) is 27.7 Å². The Labute approximate surface area is 111 Å². The van der Waals surface area contributed by atoms with Crippen molar-refractivity contribution in [2.75, 3.05) is 6.61 Å². The lowest BCUT2D eigenvalue weighted by Crippen LogP contribution is -2.24. The SMILES string of the molecule is CCOCc1ccccc1CNC(=O)c1ncn[nH]1. The van der Waals surface area contributed by atoms with E-state index in [9.17, 15) is 4.79 Å². The second kappa shape index (κ2) is 6.65. The van der Waals surface area contributed by atoms with Crippen molar-refractivity contribution in [1.82, 2.24) is 20.5 Å². The molecule has 0 atom stereocenters. The van der Waals surface area contributed by atoms with Crippen molar-refractivity contribution >= 4 is 5.91 Å². The summed E-state index contributed by atoms with van der Waals surface area (Å²) in [6.07, 6.45) is 1.30. The van der Waals surface area contributed by atoms with Crippen LogP contribution in [0.4, 0.5) is 0 Å². The van der Waals surface area contributed by atoms with Crippen molar-refractivity contribution in [3.8, 4) is 0 Å². The minimum atomic E-state index is -0.274. The molecule has 0 radical (unpaired) electrons. The highest BCUT2D eigenvalue weighted by atomic mass is 16.5. The van der Waals surface area contributed by atoms with Crippen LogP contribution in [0, 0.1) is 0 Å². The van der Waals surface area contributed by atoms with E-state index in [0.717, 1.165) is 11.1 Å². The summed E-state index contributed by atoms with van der Waals surface area (Å²) in [6, 6.07) is 7.85. The van der Waals surface area contributed by atoms with Crippen LogP contribution >= 0.6 is 0 Å². The van der Waals surface area contributed by atoms with Crippen LogP contribution in [0.1, 0.15) is 28.7 Å².